The number of hydrogen-bond acceptors (Lipinski definition) is 5. The van der Waals surface area contributed by atoms with Gasteiger partial charge in [0, 0.05) is 30.0 Å². The van der Waals surface area contributed by atoms with Crippen molar-refractivity contribution in [2.75, 3.05) is 4.90 Å². The van der Waals surface area contributed by atoms with Crippen molar-refractivity contribution in [2.24, 2.45) is 5.92 Å². The molecule has 2 fully saturated rings. The van der Waals surface area contributed by atoms with Crippen LogP contribution >= 0.6 is 0 Å². The number of carbonyl (C=O) groups is 3. The number of ether oxygens (including phenoxy) is 1. The molecule has 2 saturated carbocycles. The number of carboxylic acids is 1. The molecule has 1 heterocycles. The van der Waals surface area contributed by atoms with Gasteiger partial charge in [0.15, 0.2) is 0 Å². The number of hydrogen-bond donors (Lipinski definition) is 2. The van der Waals surface area contributed by atoms with E-state index in [4.69, 9.17) is 9.84 Å². The highest BCUT2D eigenvalue weighted by atomic mass is 16.6. The fourth-order valence-electron chi connectivity index (χ4n) is 5.43. The summed E-state index contributed by atoms with van der Waals surface area (Å²) < 4.78 is 5.74. The molecule has 184 valence electrons. The number of carboxylic acid groups (broad SMARTS) is 1. The van der Waals surface area contributed by atoms with E-state index in [9.17, 15) is 14.4 Å². The lowest BCUT2D eigenvalue weighted by atomic mass is 9.82. The summed E-state index contributed by atoms with van der Waals surface area (Å²) in [5.74, 6) is -1.17. The lowest BCUT2D eigenvalue weighted by Gasteiger charge is -2.47. The largest absolute Gasteiger partial charge is 0.481 e. The van der Waals surface area contributed by atoms with Crippen LogP contribution in [0.5, 0.6) is 0 Å². The van der Waals surface area contributed by atoms with Gasteiger partial charge in [-0.3, -0.25) is 19.5 Å². The van der Waals surface area contributed by atoms with Crippen molar-refractivity contribution in [3.8, 4) is 0 Å². The van der Waals surface area contributed by atoms with Crippen LogP contribution < -0.4 is 10.3 Å². The van der Waals surface area contributed by atoms with Gasteiger partial charge in [-0.25, -0.2) is 10.2 Å². The third-order valence-corrected chi connectivity index (χ3v) is 7.18. The third kappa shape index (κ3) is 5.03. The molecule has 1 aliphatic heterocycles. The molecule has 2 aromatic carbocycles. The Kier molecular flexibility index (Phi) is 6.72. The van der Waals surface area contributed by atoms with Crippen LogP contribution in [0.3, 0.4) is 0 Å². The van der Waals surface area contributed by atoms with Crippen LogP contribution in [-0.2, 0) is 20.9 Å². The number of hydrazine groups is 1. The molecule has 3 atom stereocenters. The number of nitrogens with zero attached hydrogens (tertiary/aromatic N) is 2. The molecule has 8 nitrogen and oxygen atoms in total. The fourth-order valence-corrected chi connectivity index (χ4v) is 5.43. The molecule has 2 amide bonds. The number of amides is 2. The van der Waals surface area contributed by atoms with Gasteiger partial charge >= 0.3 is 12.1 Å². The van der Waals surface area contributed by atoms with Crippen LogP contribution in [0.2, 0.25) is 0 Å². The maximum atomic E-state index is 13.4. The Bertz CT molecular complexity index is 1090. The summed E-state index contributed by atoms with van der Waals surface area (Å²) in [6, 6.07) is 17.2. The van der Waals surface area contributed by atoms with Crippen molar-refractivity contribution in [3.63, 3.8) is 0 Å². The average Bonchev–Trinajstić information content (AvgIpc) is 3.57. The lowest BCUT2D eigenvalue weighted by Crippen LogP contribution is -2.56. The van der Waals surface area contributed by atoms with Gasteiger partial charge in [0.2, 0.25) is 5.91 Å². The number of aliphatic carboxylic acids is 1. The van der Waals surface area contributed by atoms with Crippen molar-refractivity contribution in [2.45, 2.75) is 69.7 Å². The molecule has 35 heavy (non-hydrogen) atoms. The van der Waals surface area contributed by atoms with Gasteiger partial charge in [0.25, 0.3) is 0 Å². The van der Waals surface area contributed by atoms with E-state index in [1.807, 2.05) is 54.6 Å². The van der Waals surface area contributed by atoms with Crippen molar-refractivity contribution < 1.29 is 24.2 Å². The summed E-state index contributed by atoms with van der Waals surface area (Å²) in [5.41, 5.74) is 5.96. The number of carbonyl (C=O) groups excluding carboxylic acids is 2. The van der Waals surface area contributed by atoms with E-state index in [2.05, 4.69) is 5.43 Å². The number of benzene rings is 2. The molecule has 0 spiro atoms. The molecular weight excluding hydrogens is 446 g/mol. The Morgan fingerprint density at radius 1 is 0.971 bits per heavy atom. The fraction of sp³-hybridized carbons (Fsp3) is 0.444. The molecule has 0 bridgehead atoms. The second-order valence-corrected chi connectivity index (χ2v) is 9.64. The highest BCUT2D eigenvalue weighted by molar-refractivity contribution is 5.91. The second-order valence-electron chi connectivity index (χ2n) is 9.64. The van der Waals surface area contributed by atoms with E-state index in [0.29, 0.717) is 0 Å². The zero-order valence-corrected chi connectivity index (χ0v) is 19.6. The minimum Gasteiger partial charge on any atom is -0.481 e. The smallest absolute Gasteiger partial charge is 0.414 e. The van der Waals surface area contributed by atoms with E-state index in [-0.39, 0.29) is 55.5 Å². The van der Waals surface area contributed by atoms with Crippen LogP contribution in [-0.4, -0.2) is 40.2 Å². The summed E-state index contributed by atoms with van der Waals surface area (Å²) in [7, 11) is 0. The SMILES string of the molecule is O=C(O)CCC(=O)N(NC1CC1)[C@H]1c2ccccc2N(C(=O)OCc2ccccc2)[C@@H]2CCC[C@@H]21. The Balaban J connectivity index is 1.45. The Morgan fingerprint density at radius 2 is 1.71 bits per heavy atom. The van der Waals surface area contributed by atoms with Crippen molar-refractivity contribution >= 4 is 23.7 Å². The van der Waals surface area contributed by atoms with Gasteiger partial charge in [-0.1, -0.05) is 55.0 Å². The molecule has 2 aliphatic carbocycles. The van der Waals surface area contributed by atoms with Crippen LogP contribution in [0, 0.1) is 5.92 Å². The number of para-hydroxylation sites is 1. The first kappa shape index (κ1) is 23.4. The molecule has 0 aromatic heterocycles. The van der Waals surface area contributed by atoms with Crippen LogP contribution in [0.15, 0.2) is 54.6 Å². The van der Waals surface area contributed by atoms with Gasteiger partial charge < -0.3 is 9.84 Å². The minimum atomic E-state index is -0.986. The maximum Gasteiger partial charge on any atom is 0.414 e. The first-order valence-electron chi connectivity index (χ1n) is 12.4. The number of fused-ring (bicyclic) bond motifs is 2. The lowest BCUT2D eigenvalue weighted by molar-refractivity contribution is -0.145. The highest BCUT2D eigenvalue weighted by Crippen LogP contribution is 2.50. The van der Waals surface area contributed by atoms with Gasteiger partial charge in [-0.2, -0.15) is 0 Å². The molecule has 5 rings (SSSR count). The summed E-state index contributed by atoms with van der Waals surface area (Å²) in [6.07, 6.45) is 3.98. The third-order valence-electron chi connectivity index (χ3n) is 7.18. The first-order chi connectivity index (χ1) is 17.0. The standard InChI is InChI=1S/C27H31N3O5/c31-24(15-16-25(32)33)30(28-19-13-14-19)26-20-9-4-5-11-22(20)29(23-12-6-10-21(23)26)27(34)35-17-18-7-2-1-3-8-18/h1-5,7-9,11,19,21,23,26,28H,6,10,12-17H2,(H,32,33)/t21-,23+,26-/m0/s1. The number of nitrogens with one attached hydrogen (secondary N) is 1. The zero-order valence-electron chi connectivity index (χ0n) is 19.6. The van der Waals surface area contributed by atoms with Crippen molar-refractivity contribution in [3.05, 3.63) is 65.7 Å². The Hall–Kier alpha value is -3.39. The van der Waals surface area contributed by atoms with Gasteiger partial charge in [0.1, 0.15) is 6.61 Å². The highest BCUT2D eigenvalue weighted by Gasteiger charge is 2.50. The van der Waals surface area contributed by atoms with E-state index >= 15 is 0 Å². The normalized spacial score (nSPS) is 22.7. The molecule has 2 N–H and O–H groups in total. The topological polar surface area (TPSA) is 99.2 Å². The summed E-state index contributed by atoms with van der Waals surface area (Å²) >= 11 is 0. The van der Waals surface area contributed by atoms with Crippen molar-refractivity contribution in [1.29, 1.82) is 0 Å². The summed E-state index contributed by atoms with van der Waals surface area (Å²) in [6.45, 7) is 0.197. The Labute approximate surface area is 204 Å². The van der Waals surface area contributed by atoms with Crippen LogP contribution in [0.4, 0.5) is 10.5 Å². The Morgan fingerprint density at radius 3 is 2.46 bits per heavy atom. The maximum absolute atomic E-state index is 13.4. The average molecular weight is 478 g/mol. The predicted octanol–water partition coefficient (Wildman–Crippen LogP) is 4.41. The van der Waals surface area contributed by atoms with E-state index < -0.39 is 5.97 Å². The zero-order chi connectivity index (χ0) is 24.4. The van der Waals surface area contributed by atoms with Gasteiger partial charge in [0.05, 0.1) is 18.2 Å². The van der Waals surface area contributed by atoms with E-state index in [0.717, 1.165) is 48.9 Å². The van der Waals surface area contributed by atoms with Gasteiger partial charge in [-0.15, -0.1) is 0 Å². The molecule has 0 radical (unpaired) electrons. The summed E-state index contributed by atoms with van der Waals surface area (Å²) in [4.78, 5) is 39.6. The molecule has 2 aromatic rings. The molecule has 3 aliphatic rings. The number of anilines is 1. The molecule has 8 heteroatoms. The molecular formula is C27H31N3O5. The molecule has 0 saturated heterocycles. The minimum absolute atomic E-state index is 0.0363. The second kappa shape index (κ2) is 10.1. The van der Waals surface area contributed by atoms with Crippen molar-refractivity contribution in [1.82, 2.24) is 10.4 Å². The number of rotatable bonds is 8. The van der Waals surface area contributed by atoms with E-state index in [1.54, 1.807) is 9.91 Å². The van der Waals surface area contributed by atoms with Crippen LogP contribution in [0.1, 0.15) is 62.1 Å². The van der Waals surface area contributed by atoms with Gasteiger partial charge in [-0.05, 0) is 37.3 Å². The molecule has 0 unspecified atom stereocenters. The van der Waals surface area contributed by atoms with E-state index in [1.165, 1.54) is 0 Å². The first-order valence-corrected chi connectivity index (χ1v) is 12.4. The van der Waals surface area contributed by atoms with Crippen LogP contribution in [0.25, 0.3) is 0 Å². The summed E-state index contributed by atoms with van der Waals surface area (Å²) in [5, 5.41) is 10.8. The quantitative estimate of drug-likeness (QED) is 0.547. The predicted molar refractivity (Wildman–Crippen MR) is 129 cm³/mol. The monoisotopic (exact) mass is 477 g/mol.